The SMILES string of the molecule is Cc1cc(Nc2nc(N[C@H]3C[C@@H](C)CC[C@@H](NCCC#N)C3)nc3cc(-c4cnn(CCF)c4)ccc23)n[nH]1. The maximum Gasteiger partial charge on any atom is 0.225 e. The summed E-state index contributed by atoms with van der Waals surface area (Å²) < 4.78 is 14.4. The number of alkyl halides is 1. The number of hydrogen-bond donors (Lipinski definition) is 4. The molecule has 10 nitrogen and oxygen atoms in total. The van der Waals surface area contributed by atoms with E-state index in [2.05, 4.69) is 44.2 Å². The minimum absolute atomic E-state index is 0.196. The lowest BCUT2D eigenvalue weighted by Crippen LogP contribution is -2.34. The highest BCUT2D eigenvalue weighted by molar-refractivity contribution is 5.94. The van der Waals surface area contributed by atoms with Gasteiger partial charge in [0.2, 0.25) is 5.95 Å². The van der Waals surface area contributed by atoms with Gasteiger partial charge in [0.1, 0.15) is 12.5 Å². The van der Waals surface area contributed by atoms with E-state index in [0.29, 0.717) is 42.5 Å². The van der Waals surface area contributed by atoms with E-state index >= 15 is 0 Å². The van der Waals surface area contributed by atoms with Gasteiger partial charge in [-0.1, -0.05) is 13.0 Å². The fourth-order valence-electron chi connectivity index (χ4n) is 5.26. The van der Waals surface area contributed by atoms with E-state index < -0.39 is 6.67 Å². The van der Waals surface area contributed by atoms with Crippen LogP contribution in [0.3, 0.4) is 0 Å². The van der Waals surface area contributed by atoms with Gasteiger partial charge in [0.15, 0.2) is 5.82 Å². The van der Waals surface area contributed by atoms with Crippen LogP contribution in [0.5, 0.6) is 0 Å². The molecule has 0 bridgehead atoms. The van der Waals surface area contributed by atoms with Gasteiger partial charge in [-0.2, -0.15) is 20.4 Å². The van der Waals surface area contributed by atoms with Crippen molar-refractivity contribution in [3.05, 3.63) is 42.4 Å². The van der Waals surface area contributed by atoms with E-state index in [1.165, 1.54) is 0 Å². The first-order valence-electron chi connectivity index (χ1n) is 13.6. The summed E-state index contributed by atoms with van der Waals surface area (Å²) in [7, 11) is 0. The minimum Gasteiger partial charge on any atom is -0.351 e. The zero-order chi connectivity index (χ0) is 27.2. The van der Waals surface area contributed by atoms with Gasteiger partial charge in [0.05, 0.1) is 24.3 Å². The molecule has 204 valence electrons. The van der Waals surface area contributed by atoms with Crippen LogP contribution in [0.1, 0.15) is 44.7 Å². The topological polar surface area (TPSA) is 132 Å². The number of rotatable bonds is 10. The van der Waals surface area contributed by atoms with Crippen molar-refractivity contribution in [3.8, 4) is 17.2 Å². The Morgan fingerprint density at radius 1 is 1.15 bits per heavy atom. The standard InChI is InChI=1S/C28H35FN10/c1-18-4-6-22(31-10-3-9-30)15-23(12-18)33-28-34-25-14-20(21-16-32-39(17-21)11-8-29)5-7-24(25)27(36-28)35-26-13-19(2)37-38-26/h5,7,13-14,16-18,22-23,31H,3-4,6,8,10-12,15H2,1-2H3,(H3,33,34,35,36,37,38)/t18-,22+,23-/m0/s1. The number of aromatic amines is 1. The van der Waals surface area contributed by atoms with E-state index in [-0.39, 0.29) is 12.6 Å². The molecular weight excluding hydrogens is 495 g/mol. The number of anilines is 3. The van der Waals surface area contributed by atoms with Crippen molar-refractivity contribution in [1.29, 1.82) is 5.26 Å². The molecule has 4 N–H and O–H groups in total. The summed E-state index contributed by atoms with van der Waals surface area (Å²) in [4.78, 5) is 9.80. The molecule has 0 amide bonds. The number of H-pyrrole nitrogens is 1. The lowest BCUT2D eigenvalue weighted by Gasteiger charge is -2.23. The average molecular weight is 531 g/mol. The maximum atomic E-state index is 12.8. The summed E-state index contributed by atoms with van der Waals surface area (Å²) in [5.41, 5.74) is 3.58. The van der Waals surface area contributed by atoms with Gasteiger partial charge in [-0.05, 0) is 56.2 Å². The highest BCUT2D eigenvalue weighted by Gasteiger charge is 2.24. The van der Waals surface area contributed by atoms with E-state index in [0.717, 1.165) is 53.4 Å². The Morgan fingerprint density at radius 2 is 2.05 bits per heavy atom. The number of nitrogens with one attached hydrogen (secondary N) is 4. The second kappa shape index (κ2) is 12.2. The number of benzene rings is 1. The highest BCUT2D eigenvalue weighted by Crippen LogP contribution is 2.31. The van der Waals surface area contributed by atoms with Crippen molar-refractivity contribution in [2.75, 3.05) is 23.9 Å². The minimum atomic E-state index is -0.461. The van der Waals surface area contributed by atoms with Gasteiger partial charge in [0.25, 0.3) is 0 Å². The quantitative estimate of drug-likeness (QED) is 0.164. The molecular formula is C28H35FN10. The number of aryl methyl sites for hydroxylation is 2. The van der Waals surface area contributed by atoms with Crippen LogP contribution in [0.4, 0.5) is 22.0 Å². The second-order valence-electron chi connectivity index (χ2n) is 10.4. The molecule has 0 saturated heterocycles. The highest BCUT2D eigenvalue weighted by atomic mass is 19.1. The van der Waals surface area contributed by atoms with Crippen molar-refractivity contribution >= 4 is 28.5 Å². The van der Waals surface area contributed by atoms with Crippen LogP contribution in [0, 0.1) is 24.2 Å². The Kier molecular flexibility index (Phi) is 8.32. The van der Waals surface area contributed by atoms with Crippen molar-refractivity contribution in [2.45, 2.75) is 64.6 Å². The monoisotopic (exact) mass is 530 g/mol. The third kappa shape index (κ3) is 6.70. The first kappa shape index (κ1) is 26.6. The van der Waals surface area contributed by atoms with Crippen LogP contribution in [0.2, 0.25) is 0 Å². The zero-order valence-electron chi connectivity index (χ0n) is 22.4. The summed E-state index contributed by atoms with van der Waals surface area (Å²) in [5, 5.41) is 31.9. The molecule has 1 saturated carbocycles. The fraction of sp³-hybridized carbons (Fsp3) is 0.464. The maximum absolute atomic E-state index is 12.8. The number of aromatic nitrogens is 6. The molecule has 4 aromatic rings. The molecule has 1 aliphatic carbocycles. The normalized spacial score (nSPS) is 19.5. The first-order valence-corrected chi connectivity index (χ1v) is 13.6. The van der Waals surface area contributed by atoms with Crippen molar-refractivity contribution in [2.24, 2.45) is 5.92 Å². The molecule has 0 unspecified atom stereocenters. The number of hydrogen-bond acceptors (Lipinski definition) is 8. The predicted molar refractivity (Wildman–Crippen MR) is 150 cm³/mol. The van der Waals surface area contributed by atoms with E-state index in [9.17, 15) is 4.39 Å². The molecule has 3 atom stereocenters. The van der Waals surface area contributed by atoms with Gasteiger partial charge in [-0.3, -0.25) is 9.78 Å². The Bertz CT molecular complexity index is 1440. The smallest absolute Gasteiger partial charge is 0.225 e. The summed E-state index contributed by atoms with van der Waals surface area (Å²) in [5.74, 6) is 2.47. The van der Waals surface area contributed by atoms with Crippen LogP contribution < -0.4 is 16.0 Å². The summed E-state index contributed by atoms with van der Waals surface area (Å²) >= 11 is 0. The van der Waals surface area contributed by atoms with Gasteiger partial charge in [-0.25, -0.2) is 9.37 Å². The third-order valence-electron chi connectivity index (χ3n) is 7.20. The Labute approximate surface area is 227 Å². The number of nitriles is 1. The third-order valence-corrected chi connectivity index (χ3v) is 7.20. The molecule has 3 heterocycles. The first-order chi connectivity index (χ1) is 19.0. The summed E-state index contributed by atoms with van der Waals surface area (Å²) in [6.07, 6.45) is 8.29. The zero-order valence-corrected chi connectivity index (χ0v) is 22.4. The molecule has 1 fully saturated rings. The van der Waals surface area contributed by atoms with Gasteiger partial charge in [0, 0.05) is 54.0 Å². The van der Waals surface area contributed by atoms with Crippen LogP contribution >= 0.6 is 0 Å². The largest absolute Gasteiger partial charge is 0.351 e. The van der Waals surface area contributed by atoms with Gasteiger partial charge >= 0.3 is 0 Å². The second-order valence-corrected chi connectivity index (χ2v) is 10.4. The Hall–Kier alpha value is -4.04. The number of nitrogens with zero attached hydrogens (tertiary/aromatic N) is 6. The Balaban J connectivity index is 1.46. The van der Waals surface area contributed by atoms with Gasteiger partial charge in [-0.15, -0.1) is 0 Å². The summed E-state index contributed by atoms with van der Waals surface area (Å²) in [6, 6.07) is 10.7. The van der Waals surface area contributed by atoms with Crippen molar-refractivity contribution in [3.63, 3.8) is 0 Å². The lowest BCUT2D eigenvalue weighted by atomic mass is 10.0. The Morgan fingerprint density at radius 3 is 2.85 bits per heavy atom. The molecule has 0 spiro atoms. The van der Waals surface area contributed by atoms with Crippen molar-refractivity contribution < 1.29 is 4.39 Å². The fourth-order valence-corrected chi connectivity index (χ4v) is 5.26. The van der Waals surface area contributed by atoms with E-state index in [1.54, 1.807) is 10.9 Å². The summed E-state index contributed by atoms with van der Waals surface area (Å²) in [6.45, 7) is 4.71. The molecule has 0 aliphatic heterocycles. The van der Waals surface area contributed by atoms with Crippen LogP contribution in [0.15, 0.2) is 36.7 Å². The molecule has 39 heavy (non-hydrogen) atoms. The van der Waals surface area contributed by atoms with E-state index in [1.807, 2.05) is 37.4 Å². The molecule has 3 aromatic heterocycles. The van der Waals surface area contributed by atoms with Crippen LogP contribution in [-0.4, -0.2) is 55.2 Å². The van der Waals surface area contributed by atoms with Crippen LogP contribution in [-0.2, 0) is 6.54 Å². The molecule has 5 rings (SSSR count). The van der Waals surface area contributed by atoms with E-state index in [4.69, 9.17) is 15.2 Å². The molecule has 1 aliphatic rings. The lowest BCUT2D eigenvalue weighted by molar-refractivity contribution is 0.427. The molecule has 1 aromatic carbocycles. The molecule has 11 heteroatoms. The number of fused-ring (bicyclic) bond motifs is 1. The predicted octanol–water partition coefficient (Wildman–Crippen LogP) is 5.10. The van der Waals surface area contributed by atoms with Crippen LogP contribution in [0.25, 0.3) is 22.0 Å². The number of halogens is 1. The van der Waals surface area contributed by atoms with Crippen molar-refractivity contribution in [1.82, 2.24) is 35.3 Å². The van der Waals surface area contributed by atoms with Gasteiger partial charge < -0.3 is 16.0 Å². The average Bonchev–Trinajstić information content (AvgIpc) is 3.51. The molecule has 0 radical (unpaired) electrons.